The molecule has 0 bridgehead atoms. The Morgan fingerprint density at radius 2 is 2.09 bits per heavy atom. The van der Waals surface area contributed by atoms with Gasteiger partial charge in [-0.15, -0.1) is 0 Å². The number of carbonyl (C=O) groups is 2. The number of piperidine rings is 1. The van der Waals surface area contributed by atoms with Crippen LogP contribution in [0.25, 0.3) is 0 Å². The Labute approximate surface area is 136 Å². The molecule has 7 nitrogen and oxygen atoms in total. The molecule has 2 rings (SSSR count). The molecule has 7 heteroatoms. The van der Waals surface area contributed by atoms with Gasteiger partial charge in [0, 0.05) is 25.0 Å². The number of anilines is 1. The molecule has 126 valence electrons. The van der Waals surface area contributed by atoms with E-state index in [4.69, 9.17) is 5.11 Å². The van der Waals surface area contributed by atoms with E-state index in [1.807, 2.05) is 20.8 Å². The van der Waals surface area contributed by atoms with Crippen molar-refractivity contribution in [1.29, 1.82) is 0 Å². The van der Waals surface area contributed by atoms with E-state index in [9.17, 15) is 9.59 Å². The molecule has 1 aromatic heterocycles. The predicted molar refractivity (Wildman–Crippen MR) is 86.4 cm³/mol. The fourth-order valence-electron chi connectivity index (χ4n) is 2.54. The minimum atomic E-state index is -1.08. The lowest BCUT2D eigenvalue weighted by Crippen LogP contribution is -2.43. The van der Waals surface area contributed by atoms with Crippen LogP contribution in [0.1, 0.15) is 44.1 Å². The minimum Gasteiger partial charge on any atom is -0.476 e. The van der Waals surface area contributed by atoms with Crippen LogP contribution in [0.5, 0.6) is 0 Å². The molecule has 1 aliphatic heterocycles. The summed E-state index contributed by atoms with van der Waals surface area (Å²) in [6, 6.07) is 0. The van der Waals surface area contributed by atoms with Crippen molar-refractivity contribution < 1.29 is 14.7 Å². The van der Waals surface area contributed by atoms with Crippen LogP contribution in [0.4, 0.5) is 5.82 Å². The molecule has 0 spiro atoms. The summed E-state index contributed by atoms with van der Waals surface area (Å²) >= 11 is 0. The topological polar surface area (TPSA) is 95.4 Å². The number of aromatic carboxylic acids is 1. The summed E-state index contributed by atoms with van der Waals surface area (Å²) in [7, 11) is 0. The van der Waals surface area contributed by atoms with Crippen LogP contribution in [-0.4, -0.2) is 46.6 Å². The van der Waals surface area contributed by atoms with Crippen LogP contribution in [0.15, 0.2) is 12.4 Å². The third-order valence-corrected chi connectivity index (χ3v) is 3.93. The van der Waals surface area contributed by atoms with Gasteiger partial charge in [0.25, 0.3) is 0 Å². The maximum Gasteiger partial charge on any atom is 0.356 e. The Bertz CT molecular complexity index is 566. The van der Waals surface area contributed by atoms with E-state index in [-0.39, 0.29) is 17.0 Å². The molecule has 1 unspecified atom stereocenters. The molecule has 0 aromatic carbocycles. The van der Waals surface area contributed by atoms with Crippen LogP contribution < -0.4 is 10.2 Å². The van der Waals surface area contributed by atoms with Crippen molar-refractivity contribution in [3.63, 3.8) is 0 Å². The maximum absolute atomic E-state index is 12.0. The lowest BCUT2D eigenvalue weighted by molar-refractivity contribution is -0.128. The molecule has 1 aliphatic rings. The second-order valence-electron chi connectivity index (χ2n) is 6.98. The van der Waals surface area contributed by atoms with Gasteiger partial charge in [-0.3, -0.25) is 4.79 Å². The van der Waals surface area contributed by atoms with Crippen molar-refractivity contribution in [2.24, 2.45) is 11.3 Å². The van der Waals surface area contributed by atoms with Crippen molar-refractivity contribution >= 4 is 17.7 Å². The first-order valence-corrected chi connectivity index (χ1v) is 7.86. The molecular weight excluding hydrogens is 296 g/mol. The largest absolute Gasteiger partial charge is 0.476 e. The van der Waals surface area contributed by atoms with Gasteiger partial charge in [-0.05, 0) is 18.8 Å². The Morgan fingerprint density at radius 3 is 2.65 bits per heavy atom. The van der Waals surface area contributed by atoms with E-state index in [1.165, 1.54) is 12.4 Å². The average Bonchev–Trinajstić information content (AvgIpc) is 2.52. The number of nitrogens with zero attached hydrogens (tertiary/aromatic N) is 3. The van der Waals surface area contributed by atoms with Crippen LogP contribution in [0.2, 0.25) is 0 Å². The zero-order chi connectivity index (χ0) is 17.0. The van der Waals surface area contributed by atoms with Crippen molar-refractivity contribution in [1.82, 2.24) is 15.3 Å². The van der Waals surface area contributed by atoms with E-state index >= 15 is 0 Å². The first kappa shape index (κ1) is 17.2. The van der Waals surface area contributed by atoms with Gasteiger partial charge in [0.2, 0.25) is 5.91 Å². The summed E-state index contributed by atoms with van der Waals surface area (Å²) in [5.41, 5.74) is -0.438. The summed E-state index contributed by atoms with van der Waals surface area (Å²) in [5, 5.41) is 11.9. The first-order chi connectivity index (χ1) is 10.8. The van der Waals surface area contributed by atoms with E-state index in [1.54, 1.807) is 0 Å². The van der Waals surface area contributed by atoms with Gasteiger partial charge in [-0.25, -0.2) is 14.8 Å². The second kappa shape index (κ2) is 6.93. The van der Waals surface area contributed by atoms with Gasteiger partial charge < -0.3 is 15.3 Å². The summed E-state index contributed by atoms with van der Waals surface area (Å²) in [4.78, 5) is 33.0. The van der Waals surface area contributed by atoms with E-state index in [0.717, 1.165) is 25.9 Å². The predicted octanol–water partition coefficient (Wildman–Crippen LogP) is 1.55. The minimum absolute atomic E-state index is 0.0558. The SMILES string of the molecule is CC(C)(C)C(=O)NCC1CCCN(c2cnc(C(=O)O)cn2)C1. The van der Waals surface area contributed by atoms with E-state index in [0.29, 0.717) is 18.3 Å². The zero-order valence-corrected chi connectivity index (χ0v) is 13.9. The third kappa shape index (κ3) is 4.64. The number of hydrogen-bond donors (Lipinski definition) is 2. The smallest absolute Gasteiger partial charge is 0.356 e. The Hall–Kier alpha value is -2.18. The number of nitrogens with one attached hydrogen (secondary N) is 1. The molecule has 0 saturated carbocycles. The van der Waals surface area contributed by atoms with Crippen molar-refractivity contribution in [3.05, 3.63) is 18.1 Å². The van der Waals surface area contributed by atoms with Gasteiger partial charge in [0.05, 0.1) is 12.4 Å². The number of aromatic nitrogens is 2. The average molecular weight is 320 g/mol. The number of carboxylic acid groups (broad SMARTS) is 1. The standard InChI is InChI=1S/C16H24N4O3/c1-16(2,3)15(23)19-7-11-5-4-6-20(10-11)13-9-17-12(8-18-13)14(21)22/h8-9,11H,4-7,10H2,1-3H3,(H,19,23)(H,21,22). The summed E-state index contributed by atoms with van der Waals surface area (Å²) in [6.07, 6.45) is 4.85. The lowest BCUT2D eigenvalue weighted by atomic mass is 9.94. The number of carboxylic acids is 1. The summed E-state index contributed by atoms with van der Waals surface area (Å²) in [6.45, 7) is 7.99. The quantitative estimate of drug-likeness (QED) is 0.874. The Morgan fingerprint density at radius 1 is 1.35 bits per heavy atom. The van der Waals surface area contributed by atoms with Crippen LogP contribution in [-0.2, 0) is 4.79 Å². The molecule has 1 amide bonds. The highest BCUT2D eigenvalue weighted by atomic mass is 16.4. The highest BCUT2D eigenvalue weighted by Gasteiger charge is 2.25. The van der Waals surface area contributed by atoms with Crippen molar-refractivity contribution in [2.45, 2.75) is 33.6 Å². The first-order valence-electron chi connectivity index (χ1n) is 7.86. The van der Waals surface area contributed by atoms with Crippen molar-refractivity contribution in [2.75, 3.05) is 24.5 Å². The normalized spacial score (nSPS) is 18.6. The molecule has 1 atom stereocenters. The highest BCUT2D eigenvalue weighted by Crippen LogP contribution is 2.21. The number of amides is 1. The highest BCUT2D eigenvalue weighted by molar-refractivity contribution is 5.84. The van der Waals surface area contributed by atoms with Crippen LogP contribution in [0.3, 0.4) is 0 Å². The van der Waals surface area contributed by atoms with E-state index in [2.05, 4.69) is 20.2 Å². The fraction of sp³-hybridized carbons (Fsp3) is 0.625. The fourth-order valence-corrected chi connectivity index (χ4v) is 2.54. The molecule has 0 radical (unpaired) electrons. The van der Waals surface area contributed by atoms with Gasteiger partial charge in [0.15, 0.2) is 5.69 Å². The zero-order valence-electron chi connectivity index (χ0n) is 13.9. The number of rotatable bonds is 4. The third-order valence-electron chi connectivity index (χ3n) is 3.93. The molecule has 1 fully saturated rings. The monoisotopic (exact) mass is 320 g/mol. The van der Waals surface area contributed by atoms with Crippen LogP contribution in [0, 0.1) is 11.3 Å². The number of carbonyl (C=O) groups excluding carboxylic acids is 1. The second-order valence-corrected chi connectivity index (χ2v) is 6.98. The summed E-state index contributed by atoms with van der Waals surface area (Å²) in [5.74, 6) is 0.0172. The van der Waals surface area contributed by atoms with Gasteiger partial charge in [-0.1, -0.05) is 20.8 Å². The Balaban J connectivity index is 1.93. The summed E-state index contributed by atoms with van der Waals surface area (Å²) < 4.78 is 0. The Kier molecular flexibility index (Phi) is 5.18. The van der Waals surface area contributed by atoms with E-state index < -0.39 is 5.97 Å². The molecule has 23 heavy (non-hydrogen) atoms. The van der Waals surface area contributed by atoms with Gasteiger partial charge in [0.1, 0.15) is 5.82 Å². The molecule has 2 heterocycles. The number of hydrogen-bond acceptors (Lipinski definition) is 5. The van der Waals surface area contributed by atoms with Gasteiger partial charge in [-0.2, -0.15) is 0 Å². The molecule has 1 aromatic rings. The molecule has 1 saturated heterocycles. The van der Waals surface area contributed by atoms with Gasteiger partial charge >= 0.3 is 5.97 Å². The molecule has 0 aliphatic carbocycles. The lowest BCUT2D eigenvalue weighted by Gasteiger charge is -2.34. The maximum atomic E-state index is 12.0. The van der Waals surface area contributed by atoms with Crippen molar-refractivity contribution in [3.8, 4) is 0 Å². The van der Waals surface area contributed by atoms with Crippen LogP contribution >= 0.6 is 0 Å². The molecule has 2 N–H and O–H groups in total. The molecular formula is C16H24N4O3.